The van der Waals surface area contributed by atoms with Crippen LogP contribution >= 0.6 is 11.6 Å². The van der Waals surface area contributed by atoms with Gasteiger partial charge in [-0.2, -0.15) is 0 Å². The van der Waals surface area contributed by atoms with Crippen LogP contribution < -0.4 is 0 Å². The van der Waals surface area contributed by atoms with E-state index >= 15 is 0 Å². The molecule has 2 atom stereocenters. The highest BCUT2D eigenvalue weighted by Gasteiger charge is 2.48. The standard InChI is InChI=1S/C27H21ClFN3O2/c28-18-5-3-4-17(12-18)26-25-21(20-6-1-2-7-22(20)30-25)13-23-27(34)31(15-24(33)32(23)26)14-16-8-10-19(29)11-9-16/h1-12,23,26,30H,13-15H2. The van der Waals surface area contributed by atoms with Crippen molar-refractivity contribution in [3.63, 3.8) is 0 Å². The molecule has 3 aromatic carbocycles. The van der Waals surface area contributed by atoms with Gasteiger partial charge in [0.05, 0.1) is 6.04 Å². The van der Waals surface area contributed by atoms with E-state index in [0.717, 1.165) is 33.3 Å². The highest BCUT2D eigenvalue weighted by molar-refractivity contribution is 6.30. The van der Waals surface area contributed by atoms with Crippen molar-refractivity contribution in [3.05, 3.63) is 106 Å². The van der Waals surface area contributed by atoms with Gasteiger partial charge in [-0.25, -0.2) is 4.39 Å². The Kier molecular flexibility index (Phi) is 4.92. The van der Waals surface area contributed by atoms with E-state index in [1.807, 2.05) is 42.5 Å². The van der Waals surface area contributed by atoms with Crippen LogP contribution in [-0.4, -0.2) is 39.2 Å². The Hall–Kier alpha value is -3.64. The Morgan fingerprint density at radius 2 is 1.79 bits per heavy atom. The molecule has 0 bridgehead atoms. The summed E-state index contributed by atoms with van der Waals surface area (Å²) in [7, 11) is 0. The van der Waals surface area contributed by atoms with Gasteiger partial charge >= 0.3 is 0 Å². The molecular formula is C27H21ClFN3O2. The fourth-order valence-corrected chi connectivity index (χ4v) is 5.49. The van der Waals surface area contributed by atoms with Crippen molar-refractivity contribution in [1.82, 2.24) is 14.8 Å². The summed E-state index contributed by atoms with van der Waals surface area (Å²) in [6.07, 6.45) is 0.431. The van der Waals surface area contributed by atoms with Gasteiger partial charge in [-0.1, -0.05) is 54.1 Å². The van der Waals surface area contributed by atoms with E-state index in [4.69, 9.17) is 11.6 Å². The van der Waals surface area contributed by atoms with E-state index in [2.05, 4.69) is 4.98 Å². The normalized spacial score (nSPS) is 19.9. The lowest BCUT2D eigenvalue weighted by atomic mass is 9.86. The molecule has 0 spiro atoms. The van der Waals surface area contributed by atoms with Crippen molar-refractivity contribution in [2.24, 2.45) is 0 Å². The van der Waals surface area contributed by atoms with Gasteiger partial charge in [-0.15, -0.1) is 0 Å². The second kappa shape index (κ2) is 7.99. The zero-order valence-corrected chi connectivity index (χ0v) is 18.9. The largest absolute Gasteiger partial charge is 0.356 e. The van der Waals surface area contributed by atoms with Crippen LogP contribution in [0.4, 0.5) is 4.39 Å². The molecule has 34 heavy (non-hydrogen) atoms. The Bertz CT molecular complexity index is 1430. The fraction of sp³-hybridized carbons (Fsp3) is 0.185. The van der Waals surface area contributed by atoms with Gasteiger partial charge in [-0.05, 0) is 47.0 Å². The van der Waals surface area contributed by atoms with Crippen LogP contribution in [0.5, 0.6) is 0 Å². The Balaban J connectivity index is 1.45. The maximum atomic E-state index is 13.7. The number of rotatable bonds is 3. The first-order valence-electron chi connectivity index (χ1n) is 11.2. The second-order valence-electron chi connectivity index (χ2n) is 8.86. The van der Waals surface area contributed by atoms with Gasteiger partial charge in [0.25, 0.3) is 0 Å². The number of nitrogens with zero attached hydrogens (tertiary/aromatic N) is 2. The molecule has 0 saturated carbocycles. The number of fused-ring (bicyclic) bond motifs is 4. The van der Waals surface area contributed by atoms with E-state index in [1.165, 1.54) is 12.1 Å². The van der Waals surface area contributed by atoms with Gasteiger partial charge in [0.1, 0.15) is 18.4 Å². The first kappa shape index (κ1) is 20.9. The molecule has 1 aromatic heterocycles. The minimum atomic E-state index is -0.627. The third-order valence-corrected chi connectivity index (χ3v) is 7.03. The lowest BCUT2D eigenvalue weighted by Crippen LogP contribution is -2.62. The first-order chi connectivity index (χ1) is 16.5. The third kappa shape index (κ3) is 3.37. The molecule has 1 N–H and O–H groups in total. The summed E-state index contributed by atoms with van der Waals surface area (Å²) < 4.78 is 13.3. The van der Waals surface area contributed by atoms with Gasteiger partial charge in [0.15, 0.2) is 0 Å². The van der Waals surface area contributed by atoms with Crippen LogP contribution in [0.25, 0.3) is 10.9 Å². The Labute approximate surface area is 200 Å². The number of carbonyl (C=O) groups is 2. The monoisotopic (exact) mass is 473 g/mol. The van der Waals surface area contributed by atoms with Gasteiger partial charge < -0.3 is 14.8 Å². The third-order valence-electron chi connectivity index (χ3n) is 6.79. The fourth-order valence-electron chi connectivity index (χ4n) is 5.29. The maximum Gasteiger partial charge on any atom is 0.246 e. The van der Waals surface area contributed by atoms with Crippen molar-refractivity contribution in [1.29, 1.82) is 0 Å². The predicted molar refractivity (Wildman–Crippen MR) is 128 cm³/mol. The highest BCUT2D eigenvalue weighted by atomic mass is 35.5. The van der Waals surface area contributed by atoms with Crippen LogP contribution in [0.2, 0.25) is 5.02 Å². The number of aromatic nitrogens is 1. The summed E-state index contributed by atoms with van der Waals surface area (Å²) in [6, 6.07) is 20.4. The molecule has 0 aliphatic carbocycles. The number of H-pyrrole nitrogens is 1. The maximum absolute atomic E-state index is 13.7. The van der Waals surface area contributed by atoms with Crippen molar-refractivity contribution < 1.29 is 14.0 Å². The quantitative estimate of drug-likeness (QED) is 0.462. The molecule has 0 radical (unpaired) electrons. The smallest absolute Gasteiger partial charge is 0.246 e. The number of para-hydroxylation sites is 1. The number of amides is 2. The van der Waals surface area contributed by atoms with Crippen molar-refractivity contribution >= 4 is 34.3 Å². The van der Waals surface area contributed by atoms with E-state index in [0.29, 0.717) is 11.4 Å². The second-order valence-corrected chi connectivity index (χ2v) is 9.30. The topological polar surface area (TPSA) is 56.4 Å². The summed E-state index contributed by atoms with van der Waals surface area (Å²) in [5.41, 5.74) is 4.59. The zero-order chi connectivity index (χ0) is 23.4. The number of piperazine rings is 1. The molecule has 1 saturated heterocycles. The van der Waals surface area contributed by atoms with Crippen LogP contribution in [-0.2, 0) is 22.6 Å². The van der Waals surface area contributed by atoms with E-state index in [-0.39, 0.29) is 30.7 Å². The number of halogens is 2. The lowest BCUT2D eigenvalue weighted by Gasteiger charge is -2.47. The van der Waals surface area contributed by atoms with Crippen LogP contribution in [0.15, 0.2) is 72.8 Å². The molecule has 7 heteroatoms. The minimum Gasteiger partial charge on any atom is -0.356 e. The van der Waals surface area contributed by atoms with Gasteiger partial charge in [0, 0.05) is 34.6 Å². The molecule has 6 rings (SSSR count). The number of hydrogen-bond acceptors (Lipinski definition) is 2. The summed E-state index contributed by atoms with van der Waals surface area (Å²) in [4.78, 5) is 34.1. The van der Waals surface area contributed by atoms with Gasteiger partial charge in [0.2, 0.25) is 11.8 Å². The average Bonchev–Trinajstić information content (AvgIpc) is 3.21. The SMILES string of the molecule is O=C1C2Cc3c([nH]c4ccccc34)C(c3cccc(Cl)c3)N2C(=O)CN1Cc1ccc(F)cc1. The van der Waals surface area contributed by atoms with Crippen LogP contribution in [0.1, 0.15) is 28.4 Å². The van der Waals surface area contributed by atoms with E-state index in [1.54, 1.807) is 28.0 Å². The lowest BCUT2D eigenvalue weighted by molar-refractivity contribution is -0.159. The van der Waals surface area contributed by atoms with Gasteiger partial charge in [-0.3, -0.25) is 9.59 Å². The summed E-state index contributed by atoms with van der Waals surface area (Å²) in [6.45, 7) is 0.233. The van der Waals surface area contributed by atoms with Crippen LogP contribution in [0, 0.1) is 5.82 Å². The van der Waals surface area contributed by atoms with Crippen molar-refractivity contribution in [2.45, 2.75) is 25.0 Å². The number of nitrogens with one attached hydrogen (secondary N) is 1. The highest BCUT2D eigenvalue weighted by Crippen LogP contribution is 2.43. The van der Waals surface area contributed by atoms with Crippen molar-refractivity contribution in [2.75, 3.05) is 6.54 Å². The molecule has 4 aromatic rings. The molecule has 2 unspecified atom stereocenters. The summed E-state index contributed by atoms with van der Waals surface area (Å²) in [5.74, 6) is -0.563. The van der Waals surface area contributed by atoms with E-state index in [9.17, 15) is 14.0 Å². The van der Waals surface area contributed by atoms with Crippen LogP contribution in [0.3, 0.4) is 0 Å². The van der Waals surface area contributed by atoms with Crippen molar-refractivity contribution in [3.8, 4) is 0 Å². The Morgan fingerprint density at radius 1 is 1.00 bits per heavy atom. The Morgan fingerprint density at radius 3 is 2.59 bits per heavy atom. The molecule has 170 valence electrons. The molecule has 2 aliphatic heterocycles. The predicted octanol–water partition coefficient (Wildman–Crippen LogP) is 4.85. The summed E-state index contributed by atoms with van der Waals surface area (Å²) >= 11 is 6.32. The molecule has 5 nitrogen and oxygen atoms in total. The first-order valence-corrected chi connectivity index (χ1v) is 11.6. The number of carbonyl (C=O) groups excluding carboxylic acids is 2. The average molecular weight is 474 g/mol. The molecule has 2 aliphatic rings. The number of benzene rings is 3. The molecule has 3 heterocycles. The molecule has 1 fully saturated rings. The molecule has 2 amide bonds. The number of aromatic amines is 1. The minimum absolute atomic E-state index is 0.0284. The summed E-state index contributed by atoms with van der Waals surface area (Å²) in [5, 5.41) is 1.63. The zero-order valence-electron chi connectivity index (χ0n) is 18.2. The molecular weight excluding hydrogens is 453 g/mol. The van der Waals surface area contributed by atoms with E-state index < -0.39 is 12.1 Å². The number of hydrogen-bond donors (Lipinski definition) is 1.